The predicted molar refractivity (Wildman–Crippen MR) is 190 cm³/mol. The Morgan fingerprint density at radius 3 is 1.67 bits per heavy atom. The molecule has 2 aromatic heterocycles. The van der Waals surface area contributed by atoms with Crippen LogP contribution in [0.1, 0.15) is 44.1 Å². The number of hydrogen-bond acceptors (Lipinski definition) is 12. The molecule has 0 radical (unpaired) electrons. The summed E-state index contributed by atoms with van der Waals surface area (Å²) in [6.07, 6.45) is 10.6. The standard InChI is InChI=1S/C17H21ClN4OS.C16H18ClFN4OS/c1-10-6-11(18)2-5-16(10)24-13-8-20-17(21-9-13)22-15-4-3-12(23)7-14(15)19;17-12-5-9(18)1-4-15(12)24-11-7-20-16(21-8-11)22-14-3-2-10(23)6-13(14)19/h2,5-6,8-9,12,14-15,23H,3-4,7,19H2,1H3,(H,20,21,22);1,4-5,7-8,10,13-14,23H,2-3,6,19H2,(H,20,21,22). The minimum Gasteiger partial charge on any atom is -0.393 e. The third-order valence-corrected chi connectivity index (χ3v) is 10.9. The van der Waals surface area contributed by atoms with Gasteiger partial charge in [0.05, 0.1) is 17.2 Å². The summed E-state index contributed by atoms with van der Waals surface area (Å²) in [6, 6.07) is 10.0. The third kappa shape index (κ3) is 10.6. The number of aliphatic hydroxyl groups is 2. The molecule has 0 bridgehead atoms. The molecule has 2 aliphatic rings. The third-order valence-electron chi connectivity index (χ3n) is 8.12. The fraction of sp³-hybridized carbons (Fsp3) is 0.394. The molecule has 6 rings (SSSR count). The predicted octanol–water partition coefficient (Wildman–Crippen LogP) is 6.32. The van der Waals surface area contributed by atoms with Crippen molar-refractivity contribution in [1.29, 1.82) is 0 Å². The van der Waals surface area contributed by atoms with Gasteiger partial charge in [-0.15, -0.1) is 0 Å². The lowest BCUT2D eigenvalue weighted by molar-refractivity contribution is 0.115. The Kier molecular flexibility index (Phi) is 13.1. The summed E-state index contributed by atoms with van der Waals surface area (Å²) in [4.78, 5) is 21.0. The molecule has 0 spiro atoms. The van der Waals surface area contributed by atoms with E-state index >= 15 is 0 Å². The number of anilines is 2. The van der Waals surface area contributed by atoms with Gasteiger partial charge in [0.1, 0.15) is 5.82 Å². The summed E-state index contributed by atoms with van der Waals surface area (Å²) in [7, 11) is 0. The van der Waals surface area contributed by atoms with Gasteiger partial charge in [-0.05, 0) is 87.4 Å². The highest BCUT2D eigenvalue weighted by Crippen LogP contribution is 2.34. The van der Waals surface area contributed by atoms with Crippen LogP contribution < -0.4 is 22.1 Å². The monoisotopic (exact) mass is 732 g/mol. The van der Waals surface area contributed by atoms with Gasteiger partial charge in [-0.1, -0.05) is 46.7 Å². The quantitative estimate of drug-likeness (QED) is 0.120. The van der Waals surface area contributed by atoms with Gasteiger partial charge in [0.15, 0.2) is 0 Å². The molecule has 256 valence electrons. The van der Waals surface area contributed by atoms with Gasteiger partial charge >= 0.3 is 0 Å². The number of nitrogens with two attached hydrogens (primary N) is 2. The minimum absolute atomic E-state index is 0.0541. The first kappa shape index (κ1) is 36.5. The number of aryl methyl sites for hydroxylation is 1. The normalized spacial score (nSPS) is 23.9. The maximum Gasteiger partial charge on any atom is 0.222 e. The molecule has 2 saturated carbocycles. The van der Waals surface area contributed by atoms with E-state index in [0.717, 1.165) is 55.9 Å². The average Bonchev–Trinajstić information content (AvgIpc) is 3.05. The van der Waals surface area contributed by atoms with Gasteiger partial charge in [-0.3, -0.25) is 0 Å². The van der Waals surface area contributed by atoms with E-state index in [9.17, 15) is 14.6 Å². The summed E-state index contributed by atoms with van der Waals surface area (Å²) in [5, 5.41) is 26.8. The first-order chi connectivity index (χ1) is 23.0. The van der Waals surface area contributed by atoms with E-state index in [2.05, 4.69) is 30.6 Å². The Bertz CT molecular complexity index is 1520. The number of benzene rings is 2. The van der Waals surface area contributed by atoms with Crippen molar-refractivity contribution in [3.63, 3.8) is 0 Å². The highest BCUT2D eigenvalue weighted by Gasteiger charge is 2.28. The van der Waals surface area contributed by atoms with E-state index in [1.807, 2.05) is 25.1 Å². The number of aromatic nitrogens is 4. The van der Waals surface area contributed by atoms with Crippen molar-refractivity contribution in [3.8, 4) is 0 Å². The smallest absolute Gasteiger partial charge is 0.222 e. The highest BCUT2D eigenvalue weighted by atomic mass is 35.5. The van der Waals surface area contributed by atoms with Gasteiger partial charge in [-0.2, -0.15) is 0 Å². The van der Waals surface area contributed by atoms with Crippen molar-refractivity contribution in [3.05, 3.63) is 82.6 Å². The number of aliphatic hydroxyl groups excluding tert-OH is 2. The van der Waals surface area contributed by atoms with Gasteiger partial charge in [-0.25, -0.2) is 24.3 Å². The number of hydrogen-bond donors (Lipinski definition) is 6. The first-order valence-electron chi connectivity index (χ1n) is 15.6. The van der Waals surface area contributed by atoms with Crippen LogP contribution in [0.2, 0.25) is 10.0 Å². The lowest BCUT2D eigenvalue weighted by Crippen LogP contribution is -2.46. The molecule has 6 atom stereocenters. The topological polar surface area (TPSA) is 168 Å². The molecule has 2 aliphatic carbocycles. The molecule has 2 heterocycles. The van der Waals surface area contributed by atoms with Crippen LogP contribution in [0, 0.1) is 12.7 Å². The number of rotatable bonds is 8. The van der Waals surface area contributed by atoms with Crippen molar-refractivity contribution in [2.75, 3.05) is 10.6 Å². The van der Waals surface area contributed by atoms with Crippen LogP contribution in [0.5, 0.6) is 0 Å². The fourth-order valence-corrected chi connectivity index (χ4v) is 7.57. The Morgan fingerprint density at radius 2 is 1.21 bits per heavy atom. The average molecular weight is 734 g/mol. The van der Waals surface area contributed by atoms with Gasteiger partial charge in [0, 0.05) is 73.6 Å². The second-order valence-electron chi connectivity index (χ2n) is 11.9. The molecule has 2 fully saturated rings. The maximum absolute atomic E-state index is 13.1. The Morgan fingerprint density at radius 1 is 0.729 bits per heavy atom. The van der Waals surface area contributed by atoms with Gasteiger partial charge in [0.2, 0.25) is 11.9 Å². The van der Waals surface area contributed by atoms with Crippen LogP contribution in [-0.2, 0) is 0 Å². The van der Waals surface area contributed by atoms with Gasteiger partial charge in [0.25, 0.3) is 0 Å². The molecule has 8 N–H and O–H groups in total. The zero-order chi connectivity index (χ0) is 34.2. The van der Waals surface area contributed by atoms with E-state index in [1.54, 1.807) is 42.6 Å². The van der Waals surface area contributed by atoms with Crippen molar-refractivity contribution in [2.24, 2.45) is 11.5 Å². The maximum atomic E-state index is 13.1. The van der Waals surface area contributed by atoms with Crippen molar-refractivity contribution in [1.82, 2.24) is 19.9 Å². The second kappa shape index (κ2) is 17.3. The fourth-order valence-electron chi connectivity index (χ4n) is 5.48. The van der Waals surface area contributed by atoms with Crippen LogP contribution in [0.3, 0.4) is 0 Å². The molecule has 6 unspecified atom stereocenters. The zero-order valence-corrected chi connectivity index (χ0v) is 29.4. The summed E-state index contributed by atoms with van der Waals surface area (Å²) in [6.45, 7) is 2.03. The molecule has 2 aromatic carbocycles. The Labute approximate surface area is 298 Å². The number of nitrogens with one attached hydrogen (secondary N) is 2. The van der Waals surface area contributed by atoms with E-state index in [0.29, 0.717) is 29.8 Å². The first-order valence-corrected chi connectivity index (χ1v) is 18.0. The molecule has 0 saturated heterocycles. The highest BCUT2D eigenvalue weighted by molar-refractivity contribution is 7.99. The second-order valence-corrected chi connectivity index (χ2v) is 15.0. The van der Waals surface area contributed by atoms with Crippen molar-refractivity contribution in [2.45, 2.75) is 101 Å². The van der Waals surface area contributed by atoms with Gasteiger partial charge < -0.3 is 32.3 Å². The van der Waals surface area contributed by atoms with Crippen LogP contribution in [0.4, 0.5) is 16.3 Å². The molecule has 10 nitrogen and oxygen atoms in total. The largest absolute Gasteiger partial charge is 0.393 e. The molecular formula is C33H39Cl2FN8O2S2. The molecule has 0 amide bonds. The summed E-state index contributed by atoms with van der Waals surface area (Å²) in [5.74, 6) is 0.708. The van der Waals surface area contributed by atoms with E-state index < -0.39 is 0 Å². The number of nitrogens with zero attached hydrogens (tertiary/aromatic N) is 4. The van der Waals surface area contributed by atoms with Crippen LogP contribution in [0.25, 0.3) is 0 Å². The molecule has 4 aromatic rings. The molecule has 0 aliphatic heterocycles. The lowest BCUT2D eigenvalue weighted by atomic mass is 9.89. The van der Waals surface area contributed by atoms with E-state index in [1.165, 1.54) is 23.9 Å². The Hall–Kier alpha value is -2.75. The molecule has 15 heteroatoms. The minimum atomic E-state index is -0.367. The summed E-state index contributed by atoms with van der Waals surface area (Å²) < 4.78 is 13.1. The Balaban J connectivity index is 0.000000188. The van der Waals surface area contributed by atoms with E-state index in [4.69, 9.17) is 34.7 Å². The molecular weight excluding hydrogens is 694 g/mol. The van der Waals surface area contributed by atoms with Crippen molar-refractivity contribution < 1.29 is 14.6 Å². The van der Waals surface area contributed by atoms with Crippen LogP contribution >= 0.6 is 46.7 Å². The lowest BCUT2D eigenvalue weighted by Gasteiger charge is -2.32. The summed E-state index contributed by atoms with van der Waals surface area (Å²) >= 11 is 15.0. The zero-order valence-electron chi connectivity index (χ0n) is 26.3. The number of halogens is 3. The van der Waals surface area contributed by atoms with Crippen LogP contribution in [-0.4, -0.2) is 66.5 Å². The SMILES string of the molecule is Cc1cc(Cl)ccc1Sc1cnc(NC2CCC(O)CC2N)nc1.NC1CC(O)CCC1Nc1ncc(Sc2ccc(F)cc2Cl)cn1. The van der Waals surface area contributed by atoms with Crippen molar-refractivity contribution >= 4 is 58.6 Å². The van der Waals surface area contributed by atoms with Crippen LogP contribution in [0.15, 0.2) is 80.8 Å². The molecule has 48 heavy (non-hydrogen) atoms. The van der Waals surface area contributed by atoms with E-state index in [-0.39, 0.29) is 42.2 Å². The summed E-state index contributed by atoms with van der Waals surface area (Å²) in [5.41, 5.74) is 13.3.